The van der Waals surface area contributed by atoms with Crippen molar-refractivity contribution in [2.75, 3.05) is 26.8 Å². The van der Waals surface area contributed by atoms with Crippen LogP contribution in [0.5, 0.6) is 5.75 Å². The van der Waals surface area contributed by atoms with Crippen LogP contribution in [0.2, 0.25) is 0 Å². The predicted octanol–water partition coefficient (Wildman–Crippen LogP) is 1.74. The molecular weight excluding hydrogens is 370 g/mol. The Morgan fingerprint density at radius 3 is 2.86 bits per heavy atom. The van der Waals surface area contributed by atoms with Crippen molar-refractivity contribution in [3.05, 3.63) is 59.9 Å². The van der Waals surface area contributed by atoms with E-state index in [0.29, 0.717) is 31.9 Å². The molecule has 1 saturated heterocycles. The lowest BCUT2D eigenvalue weighted by atomic mass is 10.1. The van der Waals surface area contributed by atoms with Crippen LogP contribution in [0.3, 0.4) is 0 Å². The number of methoxy groups -OCH3 is 1. The van der Waals surface area contributed by atoms with Crippen LogP contribution in [0.4, 0.5) is 0 Å². The fourth-order valence-corrected chi connectivity index (χ4v) is 3.51. The predicted molar refractivity (Wildman–Crippen MR) is 109 cm³/mol. The van der Waals surface area contributed by atoms with E-state index in [1.54, 1.807) is 30.5 Å². The average molecular weight is 397 g/mol. The van der Waals surface area contributed by atoms with E-state index in [4.69, 9.17) is 9.47 Å². The molecule has 0 bridgehead atoms. The normalized spacial score (nSPS) is 18.5. The molecule has 1 aromatic carbocycles. The van der Waals surface area contributed by atoms with Crippen LogP contribution in [0.15, 0.2) is 48.8 Å². The number of hydrogen-bond acceptors (Lipinski definition) is 5. The van der Waals surface area contributed by atoms with Crippen LogP contribution in [0.1, 0.15) is 17.5 Å². The molecule has 0 unspecified atom stereocenters. The summed E-state index contributed by atoms with van der Waals surface area (Å²) >= 11 is 0. The van der Waals surface area contributed by atoms with Crippen LogP contribution < -0.4 is 10.1 Å². The van der Waals surface area contributed by atoms with Crippen molar-refractivity contribution in [1.82, 2.24) is 15.2 Å². The minimum Gasteiger partial charge on any atom is -0.487 e. The summed E-state index contributed by atoms with van der Waals surface area (Å²) in [5.41, 5.74) is 2.04. The Kier molecular flexibility index (Phi) is 7.19. The highest BCUT2D eigenvalue weighted by molar-refractivity contribution is 5.89. The summed E-state index contributed by atoms with van der Waals surface area (Å²) in [5, 5.41) is 2.84. The number of carbonyl (C=O) groups excluding carboxylic acids is 2. The molecule has 7 nitrogen and oxygen atoms in total. The number of amides is 2. The van der Waals surface area contributed by atoms with Crippen LogP contribution in [-0.4, -0.2) is 60.7 Å². The van der Waals surface area contributed by atoms with E-state index < -0.39 is 6.04 Å². The summed E-state index contributed by atoms with van der Waals surface area (Å²) in [6.07, 6.45) is 3.73. The first-order chi connectivity index (χ1) is 14.1. The maximum atomic E-state index is 13.0. The van der Waals surface area contributed by atoms with Crippen LogP contribution in [-0.2, 0) is 20.7 Å². The molecule has 154 valence electrons. The second-order valence-electron chi connectivity index (χ2n) is 7.18. The largest absolute Gasteiger partial charge is 0.487 e. The van der Waals surface area contributed by atoms with E-state index >= 15 is 0 Å². The Labute approximate surface area is 171 Å². The number of benzene rings is 1. The first-order valence-corrected chi connectivity index (χ1v) is 9.75. The zero-order valence-corrected chi connectivity index (χ0v) is 16.8. The number of aryl methyl sites for hydroxylation is 1. The van der Waals surface area contributed by atoms with Gasteiger partial charge in [0.2, 0.25) is 11.8 Å². The van der Waals surface area contributed by atoms with Crippen molar-refractivity contribution >= 4 is 11.8 Å². The number of pyridine rings is 1. The molecule has 2 aromatic rings. The fourth-order valence-electron chi connectivity index (χ4n) is 3.51. The minimum atomic E-state index is -0.564. The topological polar surface area (TPSA) is 80.8 Å². The van der Waals surface area contributed by atoms with Crippen LogP contribution in [0, 0.1) is 6.92 Å². The molecule has 2 heterocycles. The summed E-state index contributed by atoms with van der Waals surface area (Å²) in [4.78, 5) is 31.4. The molecule has 2 amide bonds. The van der Waals surface area contributed by atoms with E-state index in [1.165, 1.54) is 0 Å². The van der Waals surface area contributed by atoms with Crippen molar-refractivity contribution in [3.8, 4) is 5.75 Å². The van der Waals surface area contributed by atoms with E-state index in [2.05, 4.69) is 10.3 Å². The van der Waals surface area contributed by atoms with Crippen LogP contribution >= 0.6 is 0 Å². The highest BCUT2D eigenvalue weighted by Crippen LogP contribution is 2.24. The Morgan fingerprint density at radius 2 is 2.14 bits per heavy atom. The molecule has 1 N–H and O–H groups in total. The minimum absolute atomic E-state index is 0.0835. The van der Waals surface area contributed by atoms with E-state index in [1.807, 2.05) is 37.3 Å². The molecule has 1 aromatic heterocycles. The van der Waals surface area contributed by atoms with Gasteiger partial charge in [0, 0.05) is 26.3 Å². The lowest BCUT2D eigenvalue weighted by Gasteiger charge is -2.23. The van der Waals surface area contributed by atoms with Gasteiger partial charge in [0.05, 0.1) is 25.8 Å². The summed E-state index contributed by atoms with van der Waals surface area (Å²) in [7, 11) is 1.58. The number of nitrogens with one attached hydrogen (secondary N) is 1. The fraction of sp³-hybridized carbons (Fsp3) is 0.409. The Bertz CT molecular complexity index is 828. The van der Waals surface area contributed by atoms with Crippen molar-refractivity contribution in [1.29, 1.82) is 0 Å². The highest BCUT2D eigenvalue weighted by atomic mass is 16.5. The molecule has 1 aliphatic rings. The molecule has 1 fully saturated rings. The summed E-state index contributed by atoms with van der Waals surface area (Å²) in [5.74, 6) is 0.362. The van der Waals surface area contributed by atoms with Gasteiger partial charge in [0.25, 0.3) is 0 Å². The molecule has 29 heavy (non-hydrogen) atoms. The number of hydrogen-bond donors (Lipinski definition) is 1. The Hall–Kier alpha value is -2.93. The van der Waals surface area contributed by atoms with Gasteiger partial charge < -0.3 is 19.7 Å². The van der Waals surface area contributed by atoms with Gasteiger partial charge in [-0.1, -0.05) is 29.8 Å². The van der Waals surface area contributed by atoms with Gasteiger partial charge in [-0.2, -0.15) is 0 Å². The number of aromatic nitrogens is 1. The third-order valence-corrected chi connectivity index (χ3v) is 4.87. The van der Waals surface area contributed by atoms with E-state index in [0.717, 1.165) is 11.1 Å². The molecule has 7 heteroatoms. The third-order valence-electron chi connectivity index (χ3n) is 4.87. The molecule has 0 aliphatic carbocycles. The first-order valence-electron chi connectivity index (χ1n) is 9.75. The molecular formula is C22H27N3O4. The smallest absolute Gasteiger partial charge is 0.243 e. The Balaban J connectivity index is 1.70. The summed E-state index contributed by atoms with van der Waals surface area (Å²) < 4.78 is 11.0. The number of likely N-dealkylation sites (tertiary alicyclic amines) is 1. The summed E-state index contributed by atoms with van der Waals surface area (Å²) in [6, 6.07) is 10.9. The van der Waals surface area contributed by atoms with Crippen LogP contribution in [0.25, 0.3) is 0 Å². The second-order valence-corrected chi connectivity index (χ2v) is 7.18. The van der Waals surface area contributed by atoms with Crippen molar-refractivity contribution in [2.45, 2.75) is 31.9 Å². The van der Waals surface area contributed by atoms with Crippen molar-refractivity contribution in [2.24, 2.45) is 0 Å². The lowest BCUT2D eigenvalue weighted by Crippen LogP contribution is -2.47. The zero-order valence-electron chi connectivity index (χ0n) is 16.8. The third kappa shape index (κ3) is 5.77. The van der Waals surface area contributed by atoms with Gasteiger partial charge in [0.1, 0.15) is 17.9 Å². The summed E-state index contributed by atoms with van der Waals surface area (Å²) in [6.45, 7) is 3.18. The van der Waals surface area contributed by atoms with Gasteiger partial charge in [-0.3, -0.25) is 14.6 Å². The van der Waals surface area contributed by atoms with Gasteiger partial charge >= 0.3 is 0 Å². The maximum Gasteiger partial charge on any atom is 0.243 e. The second kappa shape index (κ2) is 10.0. The molecule has 0 spiro atoms. The first kappa shape index (κ1) is 20.8. The standard InChI is InChI=1S/C22H27N3O4/c1-16-5-3-6-17(11-16)12-21(26)25-15-19(29-18-7-4-8-23-14-18)13-20(25)22(27)24-9-10-28-2/h3-8,11,14,19-20H,9-10,12-13,15H2,1-2H3,(H,24,27)/t19-,20+/m0/s1. The monoisotopic (exact) mass is 397 g/mol. The van der Waals surface area contributed by atoms with Gasteiger partial charge in [-0.15, -0.1) is 0 Å². The molecule has 2 atom stereocenters. The van der Waals surface area contributed by atoms with Gasteiger partial charge in [-0.05, 0) is 24.6 Å². The molecule has 3 rings (SSSR count). The van der Waals surface area contributed by atoms with Crippen molar-refractivity contribution < 1.29 is 19.1 Å². The number of ether oxygens (including phenoxy) is 2. The zero-order chi connectivity index (χ0) is 20.6. The average Bonchev–Trinajstić information content (AvgIpc) is 3.13. The lowest BCUT2D eigenvalue weighted by molar-refractivity contribution is -0.138. The number of nitrogens with zero attached hydrogens (tertiary/aromatic N) is 2. The molecule has 1 aliphatic heterocycles. The van der Waals surface area contributed by atoms with Crippen molar-refractivity contribution in [3.63, 3.8) is 0 Å². The Morgan fingerprint density at radius 1 is 1.28 bits per heavy atom. The molecule has 0 saturated carbocycles. The van der Waals surface area contributed by atoms with E-state index in [9.17, 15) is 9.59 Å². The highest BCUT2D eigenvalue weighted by Gasteiger charge is 2.40. The van der Waals surface area contributed by atoms with E-state index in [-0.39, 0.29) is 24.3 Å². The van der Waals surface area contributed by atoms with Gasteiger partial charge in [0.15, 0.2) is 0 Å². The SMILES string of the molecule is COCCNC(=O)[C@H]1C[C@H](Oc2cccnc2)CN1C(=O)Cc1cccc(C)c1. The number of rotatable bonds is 8. The number of carbonyl (C=O) groups is 2. The van der Waals surface area contributed by atoms with Gasteiger partial charge in [-0.25, -0.2) is 0 Å². The quantitative estimate of drug-likeness (QED) is 0.687. The maximum absolute atomic E-state index is 13.0. The molecule has 0 radical (unpaired) electrons.